The molecule has 1 aromatic rings. The molecule has 0 aliphatic carbocycles. The van der Waals surface area contributed by atoms with Gasteiger partial charge in [-0.05, 0) is 32.9 Å². The molecule has 132 valence electrons. The number of alkyl carbamates (subject to hydrolysis) is 1. The van der Waals surface area contributed by atoms with Crippen molar-refractivity contribution in [3.05, 3.63) is 23.9 Å². The predicted octanol–water partition coefficient (Wildman–Crippen LogP) is 2.99. The minimum absolute atomic E-state index is 0.0423. The Morgan fingerprint density at radius 2 is 2.08 bits per heavy atom. The van der Waals surface area contributed by atoms with Crippen molar-refractivity contribution < 1.29 is 27.5 Å². The van der Waals surface area contributed by atoms with E-state index in [0.717, 1.165) is 35.0 Å². The number of nitrogens with zero attached hydrogens (tertiary/aromatic N) is 2. The third kappa shape index (κ3) is 4.53. The molecule has 1 saturated heterocycles. The van der Waals surface area contributed by atoms with Gasteiger partial charge in [0.1, 0.15) is 5.82 Å². The summed E-state index contributed by atoms with van der Waals surface area (Å²) in [5.41, 5.74) is -2.56. The second-order valence-electron chi connectivity index (χ2n) is 6.07. The van der Waals surface area contributed by atoms with E-state index in [1.54, 1.807) is 20.8 Å². The van der Waals surface area contributed by atoms with Gasteiger partial charge in [0.2, 0.25) is 5.44 Å². The van der Waals surface area contributed by atoms with E-state index in [0.29, 0.717) is 0 Å². The Hall–Kier alpha value is -1.97. The molecule has 1 aliphatic rings. The van der Waals surface area contributed by atoms with Gasteiger partial charge in [-0.3, -0.25) is 9.69 Å². The van der Waals surface area contributed by atoms with Crippen molar-refractivity contribution in [2.75, 3.05) is 10.8 Å². The molecule has 0 radical (unpaired) electrons. The number of pyridine rings is 1. The minimum atomic E-state index is -4.53. The van der Waals surface area contributed by atoms with Gasteiger partial charge in [-0.2, -0.15) is 13.2 Å². The third-order valence-corrected chi connectivity index (χ3v) is 3.87. The first-order valence-electron chi connectivity index (χ1n) is 6.92. The Morgan fingerprint density at radius 3 is 2.67 bits per heavy atom. The number of nitrogens with one attached hydrogen (secondary N) is 1. The third-order valence-electron chi connectivity index (χ3n) is 2.86. The smallest absolute Gasteiger partial charge is 0.416 e. The summed E-state index contributed by atoms with van der Waals surface area (Å²) in [6.07, 6.45) is -4.32. The molecule has 0 bridgehead atoms. The average Bonchev–Trinajstić information content (AvgIpc) is 2.77. The summed E-state index contributed by atoms with van der Waals surface area (Å²) in [5, 5.41) is 2.54. The van der Waals surface area contributed by atoms with Crippen LogP contribution in [0.4, 0.5) is 23.8 Å². The van der Waals surface area contributed by atoms with Crippen LogP contribution in [-0.2, 0) is 15.7 Å². The largest absolute Gasteiger partial charge is 0.425 e. The number of amides is 2. The van der Waals surface area contributed by atoms with Crippen LogP contribution >= 0.6 is 11.8 Å². The fourth-order valence-electron chi connectivity index (χ4n) is 1.84. The summed E-state index contributed by atoms with van der Waals surface area (Å²) in [6.45, 7) is 5.24. The van der Waals surface area contributed by atoms with Crippen LogP contribution in [-0.4, -0.2) is 33.8 Å². The van der Waals surface area contributed by atoms with Crippen LogP contribution in [0.25, 0.3) is 0 Å². The number of alkyl halides is 3. The number of aromatic nitrogens is 1. The van der Waals surface area contributed by atoms with Crippen LogP contribution in [0.2, 0.25) is 0 Å². The van der Waals surface area contributed by atoms with Crippen LogP contribution in [0.1, 0.15) is 26.3 Å². The lowest BCUT2D eigenvalue weighted by Gasteiger charge is -2.21. The summed E-state index contributed by atoms with van der Waals surface area (Å²) >= 11 is 0.993. The molecular formula is C14H16F3N3O3S. The lowest BCUT2D eigenvalue weighted by atomic mass is 10.1. The maximum absolute atomic E-state index is 12.7. The van der Waals surface area contributed by atoms with Crippen molar-refractivity contribution in [1.29, 1.82) is 0 Å². The molecule has 24 heavy (non-hydrogen) atoms. The second kappa shape index (κ2) is 6.50. The molecule has 1 aromatic heterocycles. The average molecular weight is 363 g/mol. The number of anilines is 1. The lowest BCUT2D eigenvalue weighted by molar-refractivity contribution is -0.137. The van der Waals surface area contributed by atoms with Gasteiger partial charge in [0, 0.05) is 11.7 Å². The maximum atomic E-state index is 12.7. The van der Waals surface area contributed by atoms with Crippen LogP contribution < -0.4 is 10.2 Å². The van der Waals surface area contributed by atoms with Gasteiger partial charge in [-0.15, -0.1) is 0 Å². The molecule has 2 heterocycles. The lowest BCUT2D eigenvalue weighted by Crippen LogP contribution is -2.43. The maximum Gasteiger partial charge on any atom is 0.416 e. The normalized spacial score (nSPS) is 18.7. The standard InChI is InChI=1S/C14H16F3N3O3S/c1-13(2,3)19-12(22)23-11-10(21)20(7-24-11)9-6-8(4-5-18-9)14(15,16)17/h4-6,11H,7H2,1-3H3,(H,19,22). The summed E-state index contributed by atoms with van der Waals surface area (Å²) in [5.74, 6) is -0.721. The van der Waals surface area contributed by atoms with Gasteiger partial charge in [0.15, 0.2) is 0 Å². The monoisotopic (exact) mass is 363 g/mol. The zero-order valence-corrected chi connectivity index (χ0v) is 14.0. The molecule has 6 nitrogen and oxygen atoms in total. The van der Waals surface area contributed by atoms with E-state index >= 15 is 0 Å². The van der Waals surface area contributed by atoms with E-state index in [9.17, 15) is 22.8 Å². The molecule has 0 aromatic carbocycles. The zero-order chi connectivity index (χ0) is 18.1. The van der Waals surface area contributed by atoms with Crippen molar-refractivity contribution in [2.24, 2.45) is 0 Å². The number of thioether (sulfide) groups is 1. The van der Waals surface area contributed by atoms with Crippen molar-refractivity contribution >= 4 is 29.6 Å². The van der Waals surface area contributed by atoms with Gasteiger partial charge in [-0.25, -0.2) is 9.78 Å². The number of carbonyl (C=O) groups is 2. The van der Waals surface area contributed by atoms with E-state index in [2.05, 4.69) is 10.3 Å². The summed E-state index contributed by atoms with van der Waals surface area (Å²) < 4.78 is 43.3. The molecule has 1 aliphatic heterocycles. The molecule has 1 unspecified atom stereocenters. The van der Waals surface area contributed by atoms with E-state index in [4.69, 9.17) is 4.74 Å². The highest BCUT2D eigenvalue weighted by Gasteiger charge is 2.39. The predicted molar refractivity (Wildman–Crippen MR) is 82.3 cm³/mol. The van der Waals surface area contributed by atoms with Gasteiger partial charge in [0.05, 0.1) is 11.4 Å². The van der Waals surface area contributed by atoms with Gasteiger partial charge >= 0.3 is 12.3 Å². The number of hydrogen-bond donors (Lipinski definition) is 1. The quantitative estimate of drug-likeness (QED) is 0.875. The highest BCUT2D eigenvalue weighted by Crippen LogP contribution is 2.33. The van der Waals surface area contributed by atoms with Crippen LogP contribution in [0.15, 0.2) is 18.3 Å². The molecule has 1 N–H and O–H groups in total. The number of hydrogen-bond acceptors (Lipinski definition) is 5. The summed E-state index contributed by atoms with van der Waals surface area (Å²) in [6, 6.07) is 1.61. The van der Waals surface area contributed by atoms with Gasteiger partial charge in [-0.1, -0.05) is 11.8 Å². The number of carbonyl (C=O) groups excluding carboxylic acids is 2. The molecular weight excluding hydrogens is 347 g/mol. The fraction of sp³-hybridized carbons (Fsp3) is 0.500. The van der Waals surface area contributed by atoms with E-state index in [-0.39, 0.29) is 11.7 Å². The van der Waals surface area contributed by atoms with Crippen molar-refractivity contribution in [1.82, 2.24) is 10.3 Å². The Kier molecular flexibility index (Phi) is 4.97. The fourth-order valence-corrected chi connectivity index (χ4v) is 2.81. The molecule has 10 heteroatoms. The number of rotatable bonds is 2. The molecule has 2 amide bonds. The molecule has 0 saturated carbocycles. The second-order valence-corrected chi connectivity index (χ2v) is 7.09. The van der Waals surface area contributed by atoms with Crippen molar-refractivity contribution in [3.63, 3.8) is 0 Å². The number of ether oxygens (including phenoxy) is 1. The first kappa shape index (κ1) is 18.4. The van der Waals surface area contributed by atoms with Gasteiger partial charge < -0.3 is 10.1 Å². The van der Waals surface area contributed by atoms with E-state index < -0.39 is 34.7 Å². The van der Waals surface area contributed by atoms with Gasteiger partial charge in [0.25, 0.3) is 5.91 Å². The SMILES string of the molecule is CC(C)(C)NC(=O)OC1SCN(c2cc(C(F)(F)F)ccn2)C1=O. The van der Waals surface area contributed by atoms with Crippen LogP contribution in [0.3, 0.4) is 0 Å². The zero-order valence-electron chi connectivity index (χ0n) is 13.2. The molecule has 1 atom stereocenters. The van der Waals surface area contributed by atoms with Crippen molar-refractivity contribution in [3.8, 4) is 0 Å². The highest BCUT2D eigenvalue weighted by atomic mass is 32.2. The topological polar surface area (TPSA) is 71.5 Å². The Labute approximate surface area is 140 Å². The first-order valence-corrected chi connectivity index (χ1v) is 7.97. The summed E-state index contributed by atoms with van der Waals surface area (Å²) in [4.78, 5) is 28.8. The Balaban J connectivity index is 2.08. The van der Waals surface area contributed by atoms with Crippen molar-refractivity contribution in [2.45, 2.75) is 37.9 Å². The van der Waals surface area contributed by atoms with Crippen LogP contribution in [0, 0.1) is 0 Å². The van der Waals surface area contributed by atoms with Crippen LogP contribution in [0.5, 0.6) is 0 Å². The number of halogens is 3. The Morgan fingerprint density at radius 1 is 1.42 bits per heavy atom. The Bertz CT molecular complexity index is 646. The molecule has 2 rings (SSSR count). The molecule has 1 fully saturated rings. The highest BCUT2D eigenvalue weighted by molar-refractivity contribution is 8.01. The first-order chi connectivity index (χ1) is 11.0. The molecule has 0 spiro atoms. The summed E-state index contributed by atoms with van der Waals surface area (Å²) in [7, 11) is 0. The minimum Gasteiger partial charge on any atom is -0.425 e. The van der Waals surface area contributed by atoms with E-state index in [1.807, 2.05) is 0 Å². The van der Waals surface area contributed by atoms with E-state index in [1.165, 1.54) is 0 Å².